The third-order valence-electron chi connectivity index (χ3n) is 6.38. The van der Waals surface area contributed by atoms with Crippen LogP contribution in [0.25, 0.3) is 21.5 Å². The van der Waals surface area contributed by atoms with E-state index in [2.05, 4.69) is 31.2 Å². The number of hydrogen-bond donors (Lipinski definition) is 2. The van der Waals surface area contributed by atoms with Crippen molar-refractivity contribution in [3.8, 4) is 0 Å². The summed E-state index contributed by atoms with van der Waals surface area (Å²) in [4.78, 5) is 0. The third kappa shape index (κ3) is 1.91. The van der Waals surface area contributed by atoms with Gasteiger partial charge in [-0.2, -0.15) is 0 Å². The Morgan fingerprint density at radius 1 is 0.808 bits per heavy atom. The zero-order chi connectivity index (χ0) is 18.9. The number of hydroxylamine groups is 3. The van der Waals surface area contributed by atoms with Crippen LogP contribution in [0.1, 0.15) is 38.8 Å². The Kier molecular flexibility index (Phi) is 3.38. The molecule has 3 aromatic rings. The minimum atomic E-state index is -0.663. The number of fused-ring (bicyclic) bond motifs is 2. The van der Waals surface area contributed by atoms with Crippen molar-refractivity contribution < 1.29 is 15.2 Å². The predicted molar refractivity (Wildman–Crippen MR) is 104 cm³/mol. The first kappa shape index (κ1) is 16.9. The molecule has 1 aliphatic heterocycles. The molecule has 4 rings (SSSR count). The number of aryl methyl sites for hydroxylation is 1. The molecular formula is C22H25N2O2+. The van der Waals surface area contributed by atoms with Crippen LogP contribution >= 0.6 is 0 Å². The van der Waals surface area contributed by atoms with E-state index in [4.69, 9.17) is 0 Å². The molecular weight excluding hydrogens is 324 g/mol. The molecule has 0 aromatic heterocycles. The standard InChI is InChI=1S/C22H25N2O2/c1-14-15-10-6-8-12-17(15)19(18-13-9-7-11-16(14)18)20-23(25)21(2,3)22(4,5)24(20)26/h6-13,25-26H,1-5H3/q+1. The third-order valence-corrected chi connectivity index (χ3v) is 6.38. The van der Waals surface area contributed by atoms with Crippen LogP contribution in [0.15, 0.2) is 48.5 Å². The highest BCUT2D eigenvalue weighted by Gasteiger charge is 2.62. The predicted octanol–water partition coefficient (Wildman–Crippen LogP) is 4.71. The number of amidine groups is 1. The number of benzene rings is 3. The SMILES string of the molecule is Cc1c2ccccc2c(C2=[N+](O)C(C)(C)C(C)(C)N2O)c2ccccc12. The van der Waals surface area contributed by atoms with E-state index in [9.17, 15) is 10.4 Å². The molecule has 1 aliphatic rings. The Labute approximate surface area is 153 Å². The summed E-state index contributed by atoms with van der Waals surface area (Å²) in [5.74, 6) is 0.424. The summed E-state index contributed by atoms with van der Waals surface area (Å²) in [6.07, 6.45) is 0. The molecule has 0 bridgehead atoms. The van der Waals surface area contributed by atoms with Gasteiger partial charge in [-0.15, -0.1) is 5.06 Å². The first-order valence-electron chi connectivity index (χ1n) is 8.95. The second-order valence-electron chi connectivity index (χ2n) is 8.16. The van der Waals surface area contributed by atoms with E-state index in [0.29, 0.717) is 5.84 Å². The van der Waals surface area contributed by atoms with Crippen molar-refractivity contribution in [1.82, 2.24) is 5.06 Å². The van der Waals surface area contributed by atoms with E-state index < -0.39 is 11.1 Å². The molecule has 0 radical (unpaired) electrons. The van der Waals surface area contributed by atoms with Crippen molar-refractivity contribution >= 4 is 27.4 Å². The lowest BCUT2D eigenvalue weighted by Crippen LogP contribution is -2.54. The van der Waals surface area contributed by atoms with Crippen molar-refractivity contribution in [3.63, 3.8) is 0 Å². The van der Waals surface area contributed by atoms with Crippen molar-refractivity contribution in [2.24, 2.45) is 0 Å². The van der Waals surface area contributed by atoms with Crippen LogP contribution in [0.3, 0.4) is 0 Å². The van der Waals surface area contributed by atoms with Gasteiger partial charge in [0.1, 0.15) is 0 Å². The second-order valence-corrected chi connectivity index (χ2v) is 8.16. The molecule has 0 fully saturated rings. The molecule has 26 heavy (non-hydrogen) atoms. The summed E-state index contributed by atoms with van der Waals surface area (Å²) in [6, 6.07) is 16.3. The Morgan fingerprint density at radius 2 is 1.23 bits per heavy atom. The van der Waals surface area contributed by atoms with Crippen LogP contribution in [-0.4, -0.2) is 37.1 Å². The van der Waals surface area contributed by atoms with Gasteiger partial charge in [0.25, 0.3) is 0 Å². The van der Waals surface area contributed by atoms with Crippen LogP contribution in [0.5, 0.6) is 0 Å². The Morgan fingerprint density at radius 3 is 1.62 bits per heavy atom. The van der Waals surface area contributed by atoms with E-state index in [1.165, 1.54) is 15.4 Å². The van der Waals surface area contributed by atoms with Gasteiger partial charge in [-0.05, 0) is 61.7 Å². The smallest absolute Gasteiger partial charge is 0.350 e. The quantitative estimate of drug-likeness (QED) is 0.380. The van der Waals surface area contributed by atoms with Gasteiger partial charge in [-0.1, -0.05) is 53.3 Å². The first-order valence-corrected chi connectivity index (χ1v) is 8.95. The Bertz CT molecular complexity index is 1020. The van der Waals surface area contributed by atoms with Crippen LogP contribution < -0.4 is 0 Å². The molecule has 0 aliphatic carbocycles. The highest BCUT2D eigenvalue weighted by molar-refractivity contribution is 6.20. The molecule has 1 heterocycles. The van der Waals surface area contributed by atoms with Crippen LogP contribution in [0, 0.1) is 6.92 Å². The number of nitrogens with zero attached hydrogens (tertiary/aromatic N) is 2. The highest BCUT2D eigenvalue weighted by Crippen LogP contribution is 2.40. The largest absolute Gasteiger partial charge is 0.354 e. The normalized spacial score (nSPS) is 18.9. The lowest BCUT2D eigenvalue weighted by Gasteiger charge is -2.29. The minimum Gasteiger partial charge on any atom is -0.354 e. The second kappa shape index (κ2) is 5.21. The fraction of sp³-hybridized carbons (Fsp3) is 0.318. The van der Waals surface area contributed by atoms with Crippen molar-refractivity contribution in [2.75, 3.05) is 0 Å². The monoisotopic (exact) mass is 349 g/mol. The molecule has 4 heteroatoms. The summed E-state index contributed by atoms with van der Waals surface area (Å²) >= 11 is 0. The van der Waals surface area contributed by atoms with E-state index >= 15 is 0 Å². The zero-order valence-corrected chi connectivity index (χ0v) is 15.9. The van der Waals surface area contributed by atoms with E-state index in [1.807, 2.05) is 52.0 Å². The van der Waals surface area contributed by atoms with Gasteiger partial charge in [0.15, 0.2) is 11.1 Å². The molecule has 0 amide bonds. The molecule has 2 N–H and O–H groups in total. The average molecular weight is 349 g/mol. The molecule has 0 spiro atoms. The van der Waals surface area contributed by atoms with Gasteiger partial charge >= 0.3 is 5.84 Å². The number of hydrogen-bond acceptors (Lipinski definition) is 3. The maximum Gasteiger partial charge on any atom is 0.350 e. The van der Waals surface area contributed by atoms with Gasteiger partial charge in [-0.3, -0.25) is 0 Å². The van der Waals surface area contributed by atoms with Crippen molar-refractivity contribution in [3.05, 3.63) is 59.7 Å². The van der Waals surface area contributed by atoms with Gasteiger partial charge in [0, 0.05) is 0 Å². The van der Waals surface area contributed by atoms with E-state index in [1.54, 1.807) is 0 Å². The van der Waals surface area contributed by atoms with E-state index in [-0.39, 0.29) is 0 Å². The van der Waals surface area contributed by atoms with Gasteiger partial charge in [0.05, 0.1) is 5.56 Å². The topological polar surface area (TPSA) is 46.7 Å². The molecule has 134 valence electrons. The molecule has 0 atom stereocenters. The highest BCUT2D eigenvalue weighted by atomic mass is 16.5. The van der Waals surface area contributed by atoms with Crippen molar-refractivity contribution in [1.29, 1.82) is 0 Å². The molecule has 4 nitrogen and oxygen atoms in total. The lowest BCUT2D eigenvalue weighted by molar-refractivity contribution is -0.820. The van der Waals surface area contributed by atoms with Crippen LogP contribution in [0.2, 0.25) is 0 Å². The molecule has 0 saturated carbocycles. The average Bonchev–Trinajstić information content (AvgIpc) is 2.74. The van der Waals surface area contributed by atoms with Crippen LogP contribution in [-0.2, 0) is 0 Å². The molecule has 0 saturated heterocycles. The van der Waals surface area contributed by atoms with Gasteiger partial charge in [-0.25, -0.2) is 5.21 Å². The Hall–Kier alpha value is -2.59. The zero-order valence-electron chi connectivity index (χ0n) is 15.9. The molecule has 3 aromatic carbocycles. The molecule has 0 unspecified atom stereocenters. The maximum absolute atomic E-state index is 11.1. The maximum atomic E-state index is 11.1. The fourth-order valence-corrected chi connectivity index (χ4v) is 3.94. The van der Waals surface area contributed by atoms with E-state index in [0.717, 1.165) is 27.1 Å². The lowest BCUT2D eigenvalue weighted by atomic mass is 9.84. The summed E-state index contributed by atoms with van der Waals surface area (Å²) in [5, 5.41) is 27.6. The number of rotatable bonds is 1. The Balaban J connectivity index is 2.22. The first-order chi connectivity index (χ1) is 12.2. The fourth-order valence-electron chi connectivity index (χ4n) is 3.94. The summed E-state index contributed by atoms with van der Waals surface area (Å²) in [5.41, 5.74) is 0.727. The summed E-state index contributed by atoms with van der Waals surface area (Å²) in [6.45, 7) is 9.85. The summed E-state index contributed by atoms with van der Waals surface area (Å²) < 4.78 is 1.22. The summed E-state index contributed by atoms with van der Waals surface area (Å²) in [7, 11) is 0. The van der Waals surface area contributed by atoms with Crippen LogP contribution in [0.4, 0.5) is 0 Å². The van der Waals surface area contributed by atoms with Crippen molar-refractivity contribution in [2.45, 2.75) is 45.7 Å². The van der Waals surface area contributed by atoms with Gasteiger partial charge in [0.2, 0.25) is 0 Å². The minimum absolute atomic E-state index is 0.424. The van der Waals surface area contributed by atoms with Gasteiger partial charge < -0.3 is 5.21 Å².